The zero-order chi connectivity index (χ0) is 38.5. The highest BCUT2D eigenvalue weighted by Crippen LogP contribution is 2.55. The van der Waals surface area contributed by atoms with Crippen LogP contribution in [0.15, 0.2) is 77.3 Å². The first kappa shape index (κ1) is 36.3. The van der Waals surface area contributed by atoms with Gasteiger partial charge in [-0.25, -0.2) is 0 Å². The van der Waals surface area contributed by atoms with E-state index in [0.29, 0.717) is 34.8 Å². The fourth-order valence-electron chi connectivity index (χ4n) is 10.6. The van der Waals surface area contributed by atoms with Crippen molar-refractivity contribution < 1.29 is 28.9 Å². The fraction of sp³-hybridized carbons (Fsp3) is 0.444. The maximum absolute atomic E-state index is 14.3. The minimum absolute atomic E-state index is 0.0648. The van der Waals surface area contributed by atoms with Crippen LogP contribution in [-0.4, -0.2) is 88.4 Å². The lowest BCUT2D eigenvalue weighted by molar-refractivity contribution is -0.160. The van der Waals surface area contributed by atoms with Gasteiger partial charge in [0.1, 0.15) is 12.6 Å². The largest absolute Gasteiger partial charge is 0.463 e. The Hall–Kier alpha value is -4.40. The Bertz CT molecular complexity index is 2210. The van der Waals surface area contributed by atoms with E-state index in [0.717, 1.165) is 5.75 Å². The van der Waals surface area contributed by atoms with Crippen LogP contribution in [-0.2, 0) is 30.2 Å². The van der Waals surface area contributed by atoms with Crippen molar-refractivity contribution in [2.45, 2.75) is 89.2 Å². The zero-order valence-electron chi connectivity index (χ0n) is 32.2. The number of hydrogen-bond acceptors (Lipinski definition) is 10. The number of thioether (sulfide) groups is 1. The standard InChI is InChI=1S/C45H47N3O6S/c1-23-15-28-16-34-36(18-46)48-35(40(47(34)6)38(28)26(4)25(23)3)17-45(51)39(42-41(53-22-54-42)27(5)43(45)49)37(48)19-52-44(50)24(2)20-55-21-33-31-13-9-7-11-29(31)30-12-8-10-14-32(30)33/h7-15,24,33-37,40,51H,16-17,19-22H2,1-6H3/t24?,34-,35?,36-,37-,40-,45+/m0/s1. The van der Waals surface area contributed by atoms with Gasteiger partial charge >= 0.3 is 5.97 Å². The van der Waals surface area contributed by atoms with Crippen LogP contribution >= 0.6 is 11.8 Å². The zero-order valence-corrected chi connectivity index (χ0v) is 33.0. The summed E-state index contributed by atoms with van der Waals surface area (Å²) in [5.74, 6) is 1.08. The Morgan fingerprint density at radius 2 is 1.71 bits per heavy atom. The van der Waals surface area contributed by atoms with Crippen molar-refractivity contribution in [3.63, 3.8) is 0 Å². The van der Waals surface area contributed by atoms with Crippen LogP contribution in [0.4, 0.5) is 0 Å². The van der Waals surface area contributed by atoms with Crippen molar-refractivity contribution in [3.8, 4) is 17.2 Å². The number of aliphatic hydroxyl groups is 1. The number of likely N-dealkylation sites (N-methyl/N-ethyl adjacent to an activating group) is 1. The molecule has 3 aromatic carbocycles. The molecule has 284 valence electrons. The molecule has 4 aliphatic heterocycles. The number of Topliss-reactive ketones (excluding diaryl/α,β-unsaturated/α-hetero) is 1. The molecule has 2 unspecified atom stereocenters. The molecular weight excluding hydrogens is 711 g/mol. The quantitative estimate of drug-likeness (QED) is 0.271. The predicted molar refractivity (Wildman–Crippen MR) is 210 cm³/mol. The second kappa shape index (κ2) is 13.4. The number of aryl methyl sites for hydroxylation is 1. The Balaban J connectivity index is 1.02. The molecule has 9 rings (SSSR count). The molecule has 1 N–H and O–H groups in total. The van der Waals surface area contributed by atoms with Gasteiger partial charge in [-0.05, 0) is 91.2 Å². The Labute approximate surface area is 326 Å². The normalized spacial score (nSPS) is 28.5. The molecule has 55 heavy (non-hydrogen) atoms. The number of carbonyl (C=O) groups is 2. The molecule has 0 aromatic heterocycles. The molecule has 0 radical (unpaired) electrons. The van der Waals surface area contributed by atoms with Gasteiger partial charge in [-0.1, -0.05) is 61.5 Å². The van der Waals surface area contributed by atoms with Gasteiger partial charge in [-0.2, -0.15) is 17.0 Å². The lowest BCUT2D eigenvalue weighted by Crippen LogP contribution is -2.74. The number of fused-ring (bicyclic) bond motifs is 11. The van der Waals surface area contributed by atoms with Crippen molar-refractivity contribution in [2.24, 2.45) is 5.92 Å². The number of benzene rings is 3. The van der Waals surface area contributed by atoms with E-state index >= 15 is 0 Å². The summed E-state index contributed by atoms with van der Waals surface area (Å²) in [4.78, 5) is 32.6. The minimum atomic E-state index is -1.93. The summed E-state index contributed by atoms with van der Waals surface area (Å²) < 4.78 is 18.1. The number of ketones is 1. The summed E-state index contributed by atoms with van der Waals surface area (Å²) in [6.45, 7) is 9.74. The Morgan fingerprint density at radius 1 is 1.04 bits per heavy atom. The molecule has 3 fully saturated rings. The van der Waals surface area contributed by atoms with Gasteiger partial charge in [-0.3, -0.25) is 19.4 Å². The Kier molecular flexibility index (Phi) is 8.81. The van der Waals surface area contributed by atoms with Gasteiger partial charge in [0.15, 0.2) is 22.9 Å². The number of nitrogens with zero attached hydrogens (tertiary/aromatic N) is 3. The average molecular weight is 758 g/mol. The molecule has 0 spiro atoms. The van der Waals surface area contributed by atoms with E-state index in [2.05, 4.69) is 98.3 Å². The van der Waals surface area contributed by atoms with Crippen molar-refractivity contribution in [1.82, 2.24) is 9.80 Å². The number of piperazine rings is 1. The van der Waals surface area contributed by atoms with Crippen LogP contribution in [0, 0.1) is 38.0 Å². The van der Waals surface area contributed by atoms with E-state index in [1.807, 2.05) is 6.92 Å². The third kappa shape index (κ3) is 5.30. The van der Waals surface area contributed by atoms with Crippen molar-refractivity contribution in [1.29, 1.82) is 5.26 Å². The van der Waals surface area contributed by atoms with Crippen LogP contribution in [0.2, 0.25) is 0 Å². The highest BCUT2D eigenvalue weighted by molar-refractivity contribution is 7.99. The molecule has 2 bridgehead atoms. The van der Waals surface area contributed by atoms with E-state index in [1.165, 1.54) is 50.1 Å². The van der Waals surface area contributed by atoms with Crippen LogP contribution in [0.3, 0.4) is 0 Å². The van der Waals surface area contributed by atoms with E-state index < -0.39 is 35.4 Å². The molecule has 6 aliphatic rings. The lowest BCUT2D eigenvalue weighted by atomic mass is 9.64. The SMILES string of the molecule is CC1=C2OCOC2=C2[C@H](COC(=O)C(C)CSCC3c4ccccc4-c4ccccc43)N3C(C[C@]2(O)C1=O)[C@H]1c2c(cc(C)c(C)c2C)C[C@@H]([C@@H]3C#N)N1C. The summed E-state index contributed by atoms with van der Waals surface area (Å²) in [5, 5.41) is 23.7. The molecular formula is C45H47N3O6S. The number of ether oxygens (including phenoxy) is 3. The lowest BCUT2D eigenvalue weighted by Gasteiger charge is -2.62. The topological polar surface area (TPSA) is 112 Å². The second-order valence-corrected chi connectivity index (χ2v) is 17.4. The molecule has 7 atom stereocenters. The summed E-state index contributed by atoms with van der Waals surface area (Å²) in [5.41, 5.74) is 9.92. The first-order chi connectivity index (χ1) is 26.5. The first-order valence-electron chi connectivity index (χ1n) is 19.4. The maximum atomic E-state index is 14.3. The summed E-state index contributed by atoms with van der Waals surface area (Å²) >= 11 is 1.74. The van der Waals surface area contributed by atoms with Crippen molar-refractivity contribution in [3.05, 3.63) is 116 Å². The van der Waals surface area contributed by atoms with Gasteiger partial charge in [0.05, 0.1) is 24.1 Å². The van der Waals surface area contributed by atoms with Gasteiger partial charge in [-0.15, -0.1) is 0 Å². The predicted octanol–water partition coefficient (Wildman–Crippen LogP) is 6.43. The minimum Gasteiger partial charge on any atom is -0.463 e. The smallest absolute Gasteiger partial charge is 0.309 e. The first-order valence-corrected chi connectivity index (χ1v) is 20.5. The van der Waals surface area contributed by atoms with E-state index in [1.54, 1.807) is 18.7 Å². The number of carbonyl (C=O) groups excluding carboxylic acids is 2. The highest BCUT2D eigenvalue weighted by atomic mass is 32.2. The second-order valence-electron chi connectivity index (χ2n) is 16.3. The molecule has 10 heteroatoms. The van der Waals surface area contributed by atoms with E-state index in [9.17, 15) is 20.0 Å². The van der Waals surface area contributed by atoms with Gasteiger partial charge in [0, 0.05) is 47.1 Å². The summed E-state index contributed by atoms with van der Waals surface area (Å²) in [6.07, 6.45) is 0.747. The van der Waals surface area contributed by atoms with Crippen molar-refractivity contribution >= 4 is 23.5 Å². The third-order valence-electron chi connectivity index (χ3n) is 13.5. The van der Waals surface area contributed by atoms with Gasteiger partial charge in [0.25, 0.3) is 0 Å². The van der Waals surface area contributed by atoms with E-state index in [-0.39, 0.29) is 43.8 Å². The van der Waals surface area contributed by atoms with E-state index in [4.69, 9.17) is 14.2 Å². The molecule has 3 aromatic rings. The average Bonchev–Trinajstić information content (AvgIpc) is 3.79. The number of piperidine rings is 1. The fourth-order valence-corrected chi connectivity index (χ4v) is 11.8. The van der Waals surface area contributed by atoms with Crippen molar-refractivity contribution in [2.75, 3.05) is 32.0 Å². The molecule has 3 saturated heterocycles. The number of esters is 1. The molecule has 2 aliphatic carbocycles. The maximum Gasteiger partial charge on any atom is 0.309 e. The van der Waals surface area contributed by atoms with Gasteiger partial charge in [0.2, 0.25) is 6.79 Å². The summed E-state index contributed by atoms with van der Waals surface area (Å²) in [7, 11) is 2.06. The molecule has 0 amide bonds. The third-order valence-corrected chi connectivity index (χ3v) is 14.8. The van der Waals surface area contributed by atoms with Crippen LogP contribution in [0.5, 0.6) is 0 Å². The van der Waals surface area contributed by atoms with Crippen LogP contribution < -0.4 is 0 Å². The molecule has 4 heterocycles. The van der Waals surface area contributed by atoms with Crippen LogP contribution in [0.1, 0.15) is 71.2 Å². The van der Waals surface area contributed by atoms with Gasteiger partial charge < -0.3 is 19.3 Å². The molecule has 0 saturated carbocycles. The Morgan fingerprint density at radius 3 is 2.40 bits per heavy atom. The number of rotatable bonds is 7. The molecule has 9 nitrogen and oxygen atoms in total. The monoisotopic (exact) mass is 757 g/mol. The van der Waals surface area contributed by atoms with Crippen LogP contribution in [0.25, 0.3) is 11.1 Å². The number of nitriles is 1. The number of hydrogen-bond donors (Lipinski definition) is 1. The highest BCUT2D eigenvalue weighted by Gasteiger charge is 2.64. The summed E-state index contributed by atoms with van der Waals surface area (Å²) in [6, 6.07) is 19.8.